The van der Waals surface area contributed by atoms with Crippen LogP contribution < -0.4 is 0 Å². The van der Waals surface area contributed by atoms with Crippen LogP contribution in [0.5, 0.6) is 0 Å². The van der Waals surface area contributed by atoms with Crippen molar-refractivity contribution in [1.29, 1.82) is 0 Å². The molecule has 0 aromatic heterocycles. The highest BCUT2D eigenvalue weighted by molar-refractivity contribution is 5.72. The number of halogens is 2. The van der Waals surface area contributed by atoms with E-state index in [1.807, 2.05) is 0 Å². The van der Waals surface area contributed by atoms with Gasteiger partial charge in [-0.25, -0.2) is 8.78 Å². The highest BCUT2D eigenvalue weighted by Gasteiger charge is 2.17. The second kappa shape index (κ2) is 6.44. The van der Waals surface area contributed by atoms with Crippen molar-refractivity contribution in [2.24, 2.45) is 5.92 Å². The number of methoxy groups -OCH3 is 1. The molecule has 0 aliphatic rings. The summed E-state index contributed by atoms with van der Waals surface area (Å²) in [4.78, 5) is 13.0. The van der Waals surface area contributed by atoms with Crippen molar-refractivity contribution >= 4 is 5.97 Å². The maximum atomic E-state index is 13.4. The molecule has 0 aliphatic heterocycles. The molecule has 1 aromatic carbocycles. The van der Waals surface area contributed by atoms with Gasteiger partial charge in [-0.3, -0.25) is 4.79 Å². The first-order valence-corrected chi connectivity index (χ1v) is 5.65. The van der Waals surface area contributed by atoms with Crippen LogP contribution in [0.3, 0.4) is 0 Å². The molecule has 5 heteroatoms. The average Bonchev–Trinajstić information content (AvgIpc) is 2.33. The number of carbonyl (C=O) groups is 1. The van der Waals surface area contributed by atoms with Crippen molar-refractivity contribution in [3.8, 4) is 0 Å². The monoisotopic (exact) mass is 257 g/mol. The van der Waals surface area contributed by atoms with Crippen LogP contribution in [-0.2, 0) is 16.1 Å². The van der Waals surface area contributed by atoms with Crippen LogP contribution in [0, 0.1) is 17.6 Å². The minimum absolute atomic E-state index is 0.241. The van der Waals surface area contributed by atoms with E-state index in [0.29, 0.717) is 6.54 Å². The molecular weight excluding hydrogens is 240 g/mol. The van der Waals surface area contributed by atoms with Gasteiger partial charge < -0.3 is 9.64 Å². The molecule has 0 amide bonds. The number of hydrogen-bond donors (Lipinski definition) is 0. The zero-order chi connectivity index (χ0) is 13.7. The fraction of sp³-hybridized carbons (Fsp3) is 0.462. The highest BCUT2D eigenvalue weighted by Crippen LogP contribution is 2.14. The summed E-state index contributed by atoms with van der Waals surface area (Å²) in [5.41, 5.74) is 0.273. The van der Waals surface area contributed by atoms with Crippen LogP contribution in [0.15, 0.2) is 18.2 Å². The van der Waals surface area contributed by atoms with Crippen molar-refractivity contribution in [1.82, 2.24) is 4.90 Å². The maximum Gasteiger partial charge on any atom is 0.309 e. The van der Waals surface area contributed by atoms with Gasteiger partial charge in [0.1, 0.15) is 0 Å². The van der Waals surface area contributed by atoms with E-state index in [4.69, 9.17) is 0 Å². The molecule has 0 spiro atoms. The second-order valence-corrected chi connectivity index (χ2v) is 4.33. The molecule has 3 nitrogen and oxygen atoms in total. The Bertz CT molecular complexity index is 423. The number of rotatable bonds is 5. The van der Waals surface area contributed by atoms with E-state index in [9.17, 15) is 13.6 Å². The summed E-state index contributed by atoms with van der Waals surface area (Å²) >= 11 is 0. The predicted molar refractivity (Wildman–Crippen MR) is 63.9 cm³/mol. The second-order valence-electron chi connectivity index (χ2n) is 4.33. The maximum absolute atomic E-state index is 13.4. The minimum Gasteiger partial charge on any atom is -0.469 e. The Labute approximate surface area is 105 Å². The topological polar surface area (TPSA) is 29.5 Å². The summed E-state index contributed by atoms with van der Waals surface area (Å²) in [5.74, 6) is -2.32. The molecule has 0 radical (unpaired) electrons. The van der Waals surface area contributed by atoms with Gasteiger partial charge in [-0.1, -0.05) is 19.1 Å². The Morgan fingerprint density at radius 2 is 2.11 bits per heavy atom. The molecule has 1 aromatic rings. The molecule has 1 rings (SSSR count). The van der Waals surface area contributed by atoms with Crippen molar-refractivity contribution in [3.05, 3.63) is 35.4 Å². The third kappa shape index (κ3) is 3.77. The lowest BCUT2D eigenvalue weighted by atomic mass is 10.1. The Balaban J connectivity index is 2.62. The molecule has 0 saturated carbocycles. The molecule has 0 N–H and O–H groups in total. The number of hydrogen-bond acceptors (Lipinski definition) is 3. The molecular formula is C13H17F2NO2. The summed E-state index contributed by atoms with van der Waals surface area (Å²) in [5, 5.41) is 0. The van der Waals surface area contributed by atoms with Crippen molar-refractivity contribution in [2.75, 3.05) is 20.7 Å². The van der Waals surface area contributed by atoms with Gasteiger partial charge in [0.2, 0.25) is 0 Å². The van der Waals surface area contributed by atoms with Gasteiger partial charge in [-0.05, 0) is 13.1 Å². The van der Waals surface area contributed by atoms with E-state index in [1.54, 1.807) is 18.9 Å². The molecule has 1 atom stereocenters. The van der Waals surface area contributed by atoms with Gasteiger partial charge in [-0.15, -0.1) is 0 Å². The Morgan fingerprint density at radius 1 is 1.44 bits per heavy atom. The Hall–Kier alpha value is -1.49. The van der Waals surface area contributed by atoms with E-state index in [1.165, 1.54) is 19.2 Å². The summed E-state index contributed by atoms with van der Waals surface area (Å²) in [7, 11) is 3.06. The molecule has 1 unspecified atom stereocenters. The van der Waals surface area contributed by atoms with Crippen LogP contribution in [0.4, 0.5) is 8.78 Å². The lowest BCUT2D eigenvalue weighted by molar-refractivity contribution is -0.145. The number of ether oxygens (including phenoxy) is 1. The minimum atomic E-state index is -0.859. The normalized spacial score (nSPS) is 12.6. The van der Waals surface area contributed by atoms with Gasteiger partial charge in [0.25, 0.3) is 0 Å². The third-order valence-corrected chi connectivity index (χ3v) is 2.66. The standard InChI is InChI=1S/C13H17F2NO2/c1-9(13(17)18-3)7-16(2)8-10-5-4-6-11(14)12(10)15/h4-6,9H,7-8H2,1-3H3. The number of esters is 1. The molecule has 0 saturated heterocycles. The van der Waals surface area contributed by atoms with E-state index in [-0.39, 0.29) is 24.0 Å². The fourth-order valence-corrected chi connectivity index (χ4v) is 1.77. The molecule has 0 bridgehead atoms. The van der Waals surface area contributed by atoms with Gasteiger partial charge in [0.05, 0.1) is 13.0 Å². The quantitative estimate of drug-likeness (QED) is 0.757. The van der Waals surface area contributed by atoms with E-state index >= 15 is 0 Å². The fourth-order valence-electron chi connectivity index (χ4n) is 1.77. The van der Waals surface area contributed by atoms with Crippen LogP contribution in [0.1, 0.15) is 12.5 Å². The Kier molecular flexibility index (Phi) is 5.22. The smallest absolute Gasteiger partial charge is 0.309 e. The average molecular weight is 257 g/mol. The van der Waals surface area contributed by atoms with E-state index in [0.717, 1.165) is 6.07 Å². The zero-order valence-corrected chi connectivity index (χ0v) is 10.7. The molecule has 100 valence electrons. The number of benzene rings is 1. The molecule has 0 fully saturated rings. The summed E-state index contributed by atoms with van der Waals surface area (Å²) in [6.07, 6.45) is 0. The van der Waals surface area contributed by atoms with Crippen LogP contribution in [-0.4, -0.2) is 31.6 Å². The zero-order valence-electron chi connectivity index (χ0n) is 10.7. The van der Waals surface area contributed by atoms with Gasteiger partial charge in [0, 0.05) is 18.7 Å². The van der Waals surface area contributed by atoms with Gasteiger partial charge in [-0.2, -0.15) is 0 Å². The SMILES string of the molecule is COC(=O)C(C)CN(C)Cc1cccc(F)c1F. The first kappa shape index (κ1) is 14.6. The largest absolute Gasteiger partial charge is 0.469 e. The van der Waals surface area contributed by atoms with E-state index in [2.05, 4.69) is 4.74 Å². The van der Waals surface area contributed by atoms with Crippen LogP contribution >= 0.6 is 0 Å². The first-order chi connectivity index (χ1) is 8.45. The summed E-state index contributed by atoms with van der Waals surface area (Å²) < 4.78 is 31.0. The molecule has 18 heavy (non-hydrogen) atoms. The lowest BCUT2D eigenvalue weighted by Crippen LogP contribution is -2.29. The number of carbonyl (C=O) groups excluding carboxylic acids is 1. The summed E-state index contributed by atoms with van der Waals surface area (Å²) in [6, 6.07) is 4.07. The third-order valence-electron chi connectivity index (χ3n) is 2.66. The molecule has 0 aliphatic carbocycles. The first-order valence-electron chi connectivity index (χ1n) is 5.65. The van der Waals surface area contributed by atoms with Gasteiger partial charge in [0.15, 0.2) is 11.6 Å². The van der Waals surface area contributed by atoms with Crippen LogP contribution in [0.25, 0.3) is 0 Å². The lowest BCUT2D eigenvalue weighted by Gasteiger charge is -2.20. The van der Waals surface area contributed by atoms with Crippen molar-refractivity contribution in [3.63, 3.8) is 0 Å². The van der Waals surface area contributed by atoms with E-state index < -0.39 is 11.6 Å². The van der Waals surface area contributed by atoms with Crippen LogP contribution in [0.2, 0.25) is 0 Å². The van der Waals surface area contributed by atoms with Crippen molar-refractivity contribution < 1.29 is 18.3 Å². The predicted octanol–water partition coefficient (Wildman–Crippen LogP) is 2.21. The molecule has 0 heterocycles. The Morgan fingerprint density at radius 3 is 2.72 bits per heavy atom. The summed E-state index contributed by atoms with van der Waals surface area (Å²) in [6.45, 7) is 2.39. The van der Waals surface area contributed by atoms with Crippen molar-refractivity contribution in [2.45, 2.75) is 13.5 Å². The van der Waals surface area contributed by atoms with Gasteiger partial charge >= 0.3 is 5.97 Å². The highest BCUT2D eigenvalue weighted by atomic mass is 19.2. The number of nitrogens with zero attached hydrogens (tertiary/aromatic N) is 1.